The minimum absolute atomic E-state index is 0.182. The first-order valence-corrected chi connectivity index (χ1v) is 6.83. The third kappa shape index (κ3) is 3.99. The summed E-state index contributed by atoms with van der Waals surface area (Å²) in [6.07, 6.45) is 5.54. The minimum atomic E-state index is 0.182. The van der Waals surface area contributed by atoms with Gasteiger partial charge in [-0.15, -0.1) is 0 Å². The summed E-state index contributed by atoms with van der Waals surface area (Å²) < 4.78 is 7.42. The number of nitrogens with one attached hydrogen (secondary N) is 1. The molecule has 108 valence electrons. The molecule has 0 aliphatic rings. The summed E-state index contributed by atoms with van der Waals surface area (Å²) in [7, 11) is 0. The first-order chi connectivity index (χ1) is 9.69. The molecule has 2 rings (SSSR count). The molecule has 20 heavy (non-hydrogen) atoms. The minimum Gasteiger partial charge on any atom is -0.504 e. The van der Waals surface area contributed by atoms with Crippen LogP contribution in [0.4, 0.5) is 0 Å². The average molecular weight is 275 g/mol. The molecule has 0 aliphatic heterocycles. The van der Waals surface area contributed by atoms with Crippen molar-refractivity contribution in [2.24, 2.45) is 0 Å². The summed E-state index contributed by atoms with van der Waals surface area (Å²) in [6, 6.07) is 5.76. The van der Waals surface area contributed by atoms with Crippen molar-refractivity contribution >= 4 is 0 Å². The lowest BCUT2D eigenvalue weighted by atomic mass is 10.2. The highest BCUT2D eigenvalue weighted by Crippen LogP contribution is 2.26. The van der Waals surface area contributed by atoms with Crippen LogP contribution in [0.5, 0.6) is 11.5 Å². The molecule has 1 aromatic heterocycles. The van der Waals surface area contributed by atoms with E-state index in [1.54, 1.807) is 12.3 Å². The fourth-order valence-corrected chi connectivity index (χ4v) is 2.01. The van der Waals surface area contributed by atoms with E-state index < -0.39 is 0 Å². The third-order valence-corrected chi connectivity index (χ3v) is 3.02. The number of imidazole rings is 1. The smallest absolute Gasteiger partial charge is 0.161 e. The molecule has 5 nitrogen and oxygen atoms in total. The van der Waals surface area contributed by atoms with Gasteiger partial charge in [-0.25, -0.2) is 4.98 Å². The Bertz CT molecular complexity index is 526. The topological polar surface area (TPSA) is 59.3 Å². The molecule has 1 heterocycles. The molecule has 0 saturated heterocycles. The number of phenols is 1. The van der Waals surface area contributed by atoms with Gasteiger partial charge in [-0.3, -0.25) is 0 Å². The SMILES string of the molecule is CCOc1cc(CNC(C)Cn2ccnc2)ccc1O. The lowest BCUT2D eigenvalue weighted by Crippen LogP contribution is -2.29. The summed E-state index contributed by atoms with van der Waals surface area (Å²) in [4.78, 5) is 4.03. The monoisotopic (exact) mass is 275 g/mol. The first-order valence-electron chi connectivity index (χ1n) is 6.83. The van der Waals surface area contributed by atoms with Gasteiger partial charge in [-0.05, 0) is 31.5 Å². The van der Waals surface area contributed by atoms with Gasteiger partial charge < -0.3 is 19.7 Å². The molecule has 2 aromatic rings. The highest BCUT2D eigenvalue weighted by Gasteiger charge is 2.06. The molecule has 5 heteroatoms. The van der Waals surface area contributed by atoms with Gasteiger partial charge in [0.15, 0.2) is 11.5 Å². The maximum atomic E-state index is 9.66. The molecule has 0 spiro atoms. The molecule has 0 amide bonds. The largest absolute Gasteiger partial charge is 0.504 e. The van der Waals surface area contributed by atoms with Gasteiger partial charge in [0.2, 0.25) is 0 Å². The number of nitrogens with zero attached hydrogens (tertiary/aromatic N) is 2. The van der Waals surface area contributed by atoms with Gasteiger partial charge in [0, 0.05) is 31.5 Å². The Morgan fingerprint density at radius 1 is 1.45 bits per heavy atom. The van der Waals surface area contributed by atoms with E-state index in [1.807, 2.05) is 36.1 Å². The number of hydrogen-bond acceptors (Lipinski definition) is 4. The molecule has 1 aromatic carbocycles. The number of hydrogen-bond donors (Lipinski definition) is 2. The number of aromatic hydroxyl groups is 1. The van der Waals surface area contributed by atoms with E-state index in [1.165, 1.54) is 0 Å². The predicted octanol–water partition coefficient (Wildman–Crippen LogP) is 2.17. The summed E-state index contributed by atoms with van der Waals surface area (Å²) in [5.74, 6) is 0.719. The Labute approximate surface area is 119 Å². The zero-order valence-electron chi connectivity index (χ0n) is 11.9. The molecular weight excluding hydrogens is 254 g/mol. The normalized spacial score (nSPS) is 12.3. The van der Waals surface area contributed by atoms with Crippen LogP contribution in [0.2, 0.25) is 0 Å². The third-order valence-electron chi connectivity index (χ3n) is 3.02. The van der Waals surface area contributed by atoms with Crippen molar-refractivity contribution in [1.82, 2.24) is 14.9 Å². The second kappa shape index (κ2) is 6.96. The Kier molecular flexibility index (Phi) is 5.01. The molecule has 0 bridgehead atoms. The average Bonchev–Trinajstić information content (AvgIpc) is 2.93. The van der Waals surface area contributed by atoms with E-state index in [0.29, 0.717) is 18.4 Å². The zero-order chi connectivity index (χ0) is 14.4. The lowest BCUT2D eigenvalue weighted by molar-refractivity contribution is 0.317. The highest BCUT2D eigenvalue weighted by atomic mass is 16.5. The molecule has 1 atom stereocenters. The van der Waals surface area contributed by atoms with Crippen molar-refractivity contribution in [1.29, 1.82) is 0 Å². The first kappa shape index (κ1) is 14.4. The quantitative estimate of drug-likeness (QED) is 0.813. The van der Waals surface area contributed by atoms with Crippen LogP contribution in [-0.4, -0.2) is 27.3 Å². The maximum absolute atomic E-state index is 9.66. The number of ether oxygens (including phenoxy) is 1. The van der Waals surface area contributed by atoms with E-state index >= 15 is 0 Å². The summed E-state index contributed by atoms with van der Waals surface area (Å²) in [6.45, 7) is 6.18. The second-order valence-corrected chi connectivity index (χ2v) is 4.78. The molecule has 0 saturated carbocycles. The van der Waals surface area contributed by atoms with Gasteiger partial charge in [0.05, 0.1) is 12.9 Å². The van der Waals surface area contributed by atoms with Gasteiger partial charge in [0.1, 0.15) is 0 Å². The van der Waals surface area contributed by atoms with Crippen molar-refractivity contribution in [3.05, 3.63) is 42.5 Å². The van der Waals surface area contributed by atoms with Crippen LogP contribution in [0.15, 0.2) is 36.9 Å². The molecule has 0 aliphatic carbocycles. The number of rotatable bonds is 7. The van der Waals surface area contributed by atoms with Gasteiger partial charge in [-0.1, -0.05) is 6.07 Å². The molecule has 2 N–H and O–H groups in total. The van der Waals surface area contributed by atoms with Crippen LogP contribution in [0.25, 0.3) is 0 Å². The van der Waals surface area contributed by atoms with E-state index in [-0.39, 0.29) is 5.75 Å². The van der Waals surface area contributed by atoms with Crippen LogP contribution < -0.4 is 10.1 Å². The van der Waals surface area contributed by atoms with Crippen molar-refractivity contribution in [2.75, 3.05) is 6.61 Å². The van der Waals surface area contributed by atoms with Crippen molar-refractivity contribution in [3.63, 3.8) is 0 Å². The van der Waals surface area contributed by atoms with Crippen LogP contribution in [0.3, 0.4) is 0 Å². The van der Waals surface area contributed by atoms with E-state index in [2.05, 4.69) is 17.2 Å². The second-order valence-electron chi connectivity index (χ2n) is 4.78. The molecular formula is C15H21N3O2. The summed E-state index contributed by atoms with van der Waals surface area (Å²) in [5, 5.41) is 13.1. The van der Waals surface area contributed by atoms with Gasteiger partial charge >= 0.3 is 0 Å². The number of phenolic OH excluding ortho intramolecular Hbond substituents is 1. The van der Waals surface area contributed by atoms with Gasteiger partial charge in [0.25, 0.3) is 0 Å². The molecule has 0 radical (unpaired) electrons. The van der Waals surface area contributed by atoms with E-state index in [9.17, 15) is 5.11 Å². The molecule has 0 fully saturated rings. The zero-order valence-corrected chi connectivity index (χ0v) is 11.9. The van der Waals surface area contributed by atoms with Crippen molar-refractivity contribution in [2.45, 2.75) is 33.0 Å². The van der Waals surface area contributed by atoms with Crippen LogP contribution in [0.1, 0.15) is 19.4 Å². The maximum Gasteiger partial charge on any atom is 0.161 e. The van der Waals surface area contributed by atoms with Crippen LogP contribution in [-0.2, 0) is 13.1 Å². The van der Waals surface area contributed by atoms with Crippen molar-refractivity contribution in [3.8, 4) is 11.5 Å². The van der Waals surface area contributed by atoms with E-state index in [0.717, 1.165) is 18.7 Å². The number of aromatic nitrogens is 2. The standard InChI is InChI=1S/C15H21N3O2/c1-3-20-15-8-13(4-5-14(15)19)9-17-12(2)10-18-7-6-16-11-18/h4-8,11-12,17,19H,3,9-10H2,1-2H3. The Morgan fingerprint density at radius 2 is 2.30 bits per heavy atom. The Hall–Kier alpha value is -2.01. The lowest BCUT2D eigenvalue weighted by Gasteiger charge is -2.15. The van der Waals surface area contributed by atoms with Crippen LogP contribution >= 0.6 is 0 Å². The van der Waals surface area contributed by atoms with Crippen molar-refractivity contribution < 1.29 is 9.84 Å². The summed E-state index contributed by atoms with van der Waals surface area (Å²) >= 11 is 0. The summed E-state index contributed by atoms with van der Waals surface area (Å²) in [5.41, 5.74) is 1.09. The predicted molar refractivity (Wildman–Crippen MR) is 77.8 cm³/mol. The molecule has 1 unspecified atom stereocenters. The fourth-order valence-electron chi connectivity index (χ4n) is 2.01. The fraction of sp³-hybridized carbons (Fsp3) is 0.400. The Morgan fingerprint density at radius 3 is 3.00 bits per heavy atom. The highest BCUT2D eigenvalue weighted by molar-refractivity contribution is 5.41. The number of benzene rings is 1. The van der Waals surface area contributed by atoms with E-state index in [4.69, 9.17) is 4.74 Å². The van der Waals surface area contributed by atoms with Gasteiger partial charge in [-0.2, -0.15) is 0 Å². The Balaban J connectivity index is 1.88. The van der Waals surface area contributed by atoms with Crippen LogP contribution in [0, 0.1) is 0 Å².